The minimum Gasteiger partial charge on any atom is -0.477 e. The first-order chi connectivity index (χ1) is 23.7. The fraction of sp³-hybridized carbons (Fsp3) is 0.226. The van der Waals surface area contributed by atoms with Gasteiger partial charge in [-0.05, 0) is 16.7 Å². The standard InChI is InChI=1S/C31H29N9O7S2/c1-39-31(36-25(42)26(37-39)47-23(16-9-5-3-6-10-16)17-11-7-4-8-12-17)33-13-18-14-48-28-21(27(43)40(28)22(18)29(44)45)35-24(41)20(38-46-2)19-15-49-30(32)34-19/h3-12,15,21,23,28H,13-14H2,1-2H3,(H2,32,34)(H,35,41)(H,44,45)(H,33,36,42)/t21?,28-/m0/s1. The summed E-state index contributed by atoms with van der Waals surface area (Å²) in [5, 5.41) is 24.8. The molecule has 0 spiro atoms. The van der Waals surface area contributed by atoms with E-state index in [9.17, 15) is 24.3 Å². The lowest BCUT2D eigenvalue weighted by molar-refractivity contribution is -0.150. The number of thiazole rings is 1. The number of carboxylic acid groups (broad SMARTS) is 1. The van der Waals surface area contributed by atoms with Crippen molar-refractivity contribution in [3.05, 3.63) is 104 Å². The van der Waals surface area contributed by atoms with Gasteiger partial charge in [0.2, 0.25) is 5.95 Å². The Balaban J connectivity index is 1.16. The van der Waals surface area contributed by atoms with E-state index in [1.807, 2.05) is 60.7 Å². The number of carboxylic acids is 1. The van der Waals surface area contributed by atoms with Gasteiger partial charge in [0.05, 0.1) is 0 Å². The van der Waals surface area contributed by atoms with E-state index < -0.39 is 40.9 Å². The first-order valence-corrected chi connectivity index (χ1v) is 16.6. The van der Waals surface area contributed by atoms with Gasteiger partial charge in [-0.1, -0.05) is 65.8 Å². The SMILES string of the molecule is CON=C(C(=O)NC1C(=O)N2C(C(=O)O)=C(CNc3nc(=O)c(OC(c4ccccc4)c4ccccc4)nn3C)CS[C@@H]12)c1csc(N)n1. The van der Waals surface area contributed by atoms with Crippen molar-refractivity contribution in [2.45, 2.75) is 17.5 Å². The van der Waals surface area contributed by atoms with Crippen LogP contribution in [0, 0.1) is 0 Å². The van der Waals surface area contributed by atoms with Crippen LogP contribution >= 0.6 is 23.1 Å². The number of benzene rings is 2. The molecule has 0 saturated carbocycles. The van der Waals surface area contributed by atoms with Crippen LogP contribution in [0.4, 0.5) is 11.1 Å². The van der Waals surface area contributed by atoms with Gasteiger partial charge in [0.25, 0.3) is 11.8 Å². The second-order valence-corrected chi connectivity index (χ2v) is 12.6. The number of ether oxygens (including phenoxy) is 1. The second kappa shape index (κ2) is 14.2. The summed E-state index contributed by atoms with van der Waals surface area (Å²) in [5.74, 6) is -2.62. The van der Waals surface area contributed by atoms with Crippen LogP contribution in [0.25, 0.3) is 0 Å². The molecule has 0 radical (unpaired) electrons. The molecule has 2 aromatic heterocycles. The zero-order valence-corrected chi connectivity index (χ0v) is 27.6. The quantitative estimate of drug-likeness (QED) is 0.0938. The summed E-state index contributed by atoms with van der Waals surface area (Å²) in [4.78, 5) is 65.8. The monoisotopic (exact) mass is 703 g/mol. The lowest BCUT2D eigenvalue weighted by Gasteiger charge is -2.49. The summed E-state index contributed by atoms with van der Waals surface area (Å²) < 4.78 is 7.43. The molecule has 5 N–H and O–H groups in total. The summed E-state index contributed by atoms with van der Waals surface area (Å²) in [6.45, 7) is -0.0587. The van der Waals surface area contributed by atoms with Crippen molar-refractivity contribution < 1.29 is 29.1 Å². The summed E-state index contributed by atoms with van der Waals surface area (Å²) >= 11 is 2.37. The van der Waals surface area contributed by atoms with Gasteiger partial charge in [0.15, 0.2) is 16.9 Å². The molecule has 2 amide bonds. The van der Waals surface area contributed by atoms with Gasteiger partial charge < -0.3 is 31.0 Å². The Morgan fingerprint density at radius 1 is 1.10 bits per heavy atom. The molecule has 6 rings (SSSR count). The predicted molar refractivity (Wildman–Crippen MR) is 181 cm³/mol. The van der Waals surface area contributed by atoms with Gasteiger partial charge in [0, 0.05) is 24.7 Å². The third-order valence-electron chi connectivity index (χ3n) is 7.53. The number of aromatic nitrogens is 4. The first-order valence-electron chi connectivity index (χ1n) is 14.7. The Morgan fingerprint density at radius 3 is 2.37 bits per heavy atom. The minimum absolute atomic E-state index is 0.0587. The number of amides is 2. The summed E-state index contributed by atoms with van der Waals surface area (Å²) in [6, 6.07) is 17.8. The van der Waals surface area contributed by atoms with Gasteiger partial charge in [-0.3, -0.25) is 19.3 Å². The smallest absolute Gasteiger partial charge is 0.352 e. The van der Waals surface area contributed by atoms with Crippen LogP contribution in [0.2, 0.25) is 0 Å². The van der Waals surface area contributed by atoms with Crippen LogP contribution in [-0.2, 0) is 26.3 Å². The molecular formula is C31H29N9O7S2. The van der Waals surface area contributed by atoms with E-state index in [1.165, 1.54) is 28.9 Å². The molecule has 0 aliphatic carbocycles. The molecule has 2 atom stereocenters. The third-order valence-corrected chi connectivity index (χ3v) is 9.54. The van der Waals surface area contributed by atoms with Crippen LogP contribution in [0.5, 0.6) is 5.88 Å². The van der Waals surface area contributed by atoms with Crippen LogP contribution in [0.1, 0.15) is 22.9 Å². The number of hydrogen-bond acceptors (Lipinski definition) is 14. The molecule has 1 saturated heterocycles. The number of hydrogen-bond donors (Lipinski definition) is 4. The minimum atomic E-state index is -1.32. The highest BCUT2D eigenvalue weighted by atomic mass is 32.2. The van der Waals surface area contributed by atoms with Crippen molar-refractivity contribution >= 4 is 57.7 Å². The first kappa shape index (κ1) is 33.2. The summed E-state index contributed by atoms with van der Waals surface area (Å²) in [5.41, 5.74) is 6.72. The number of nitrogens with one attached hydrogen (secondary N) is 2. The van der Waals surface area contributed by atoms with E-state index in [2.05, 4.69) is 30.9 Å². The maximum Gasteiger partial charge on any atom is 0.352 e. The van der Waals surface area contributed by atoms with Crippen LogP contribution in [0.3, 0.4) is 0 Å². The lowest BCUT2D eigenvalue weighted by atomic mass is 10.0. The highest BCUT2D eigenvalue weighted by molar-refractivity contribution is 8.00. The van der Waals surface area contributed by atoms with Crippen LogP contribution in [-0.4, -0.2) is 84.1 Å². The van der Waals surface area contributed by atoms with Gasteiger partial charge in [0.1, 0.15) is 29.9 Å². The molecular weight excluding hydrogens is 675 g/mol. The third kappa shape index (κ3) is 6.81. The number of fused-ring (bicyclic) bond motifs is 1. The van der Waals surface area contributed by atoms with Crippen molar-refractivity contribution in [3.8, 4) is 5.88 Å². The lowest BCUT2D eigenvalue weighted by Crippen LogP contribution is -2.71. The fourth-order valence-corrected chi connectivity index (χ4v) is 7.17. The largest absolute Gasteiger partial charge is 0.477 e. The number of nitrogens with two attached hydrogens (primary N) is 1. The van der Waals surface area contributed by atoms with Gasteiger partial charge in [-0.15, -0.1) is 28.2 Å². The van der Waals surface area contributed by atoms with E-state index in [-0.39, 0.29) is 46.4 Å². The average molecular weight is 704 g/mol. The molecule has 49 heavy (non-hydrogen) atoms. The number of carbonyl (C=O) groups is 3. The maximum atomic E-state index is 13.2. The molecule has 252 valence electrons. The normalized spacial score (nSPS) is 17.3. The number of anilines is 2. The van der Waals surface area contributed by atoms with Crippen LogP contribution in [0.15, 0.2) is 87.3 Å². The fourth-order valence-electron chi connectivity index (χ4n) is 5.27. The zero-order chi connectivity index (χ0) is 34.7. The van der Waals surface area contributed by atoms with E-state index in [1.54, 1.807) is 7.05 Å². The Morgan fingerprint density at radius 2 is 1.78 bits per heavy atom. The number of carbonyl (C=O) groups excluding carboxylic acids is 2. The van der Waals surface area contributed by atoms with E-state index in [4.69, 9.17) is 15.3 Å². The highest BCUT2D eigenvalue weighted by Gasteiger charge is 2.54. The second-order valence-electron chi connectivity index (χ2n) is 10.7. The number of oxime groups is 1. The number of thioether (sulfide) groups is 1. The van der Waals surface area contributed by atoms with Crippen molar-refractivity contribution in [3.63, 3.8) is 0 Å². The topological polar surface area (TPSA) is 216 Å². The zero-order valence-electron chi connectivity index (χ0n) is 26.0. The Bertz CT molecular complexity index is 1980. The number of aryl methyl sites for hydroxylation is 1. The molecule has 2 aromatic carbocycles. The van der Waals surface area contributed by atoms with Crippen molar-refractivity contribution in [1.29, 1.82) is 0 Å². The van der Waals surface area contributed by atoms with Gasteiger partial charge in [-0.25, -0.2) is 14.5 Å². The highest BCUT2D eigenvalue weighted by Crippen LogP contribution is 2.40. The Hall–Kier alpha value is -5.75. The average Bonchev–Trinajstić information content (AvgIpc) is 3.54. The number of nitrogens with zero attached hydrogens (tertiary/aromatic N) is 6. The number of rotatable bonds is 12. The number of β-lactam (4-membered cyclic amide) rings is 1. The van der Waals surface area contributed by atoms with Gasteiger partial charge >= 0.3 is 17.4 Å². The summed E-state index contributed by atoms with van der Waals surface area (Å²) in [6.07, 6.45) is -0.619. The molecule has 4 aromatic rings. The Labute approximate surface area is 286 Å². The van der Waals surface area contributed by atoms with Crippen molar-refractivity contribution in [1.82, 2.24) is 30.0 Å². The molecule has 2 aliphatic heterocycles. The molecule has 4 heterocycles. The van der Waals surface area contributed by atoms with Gasteiger partial charge in [-0.2, -0.15) is 4.98 Å². The Kier molecular flexibility index (Phi) is 9.58. The number of aliphatic carboxylic acids is 1. The molecule has 18 heteroatoms. The van der Waals surface area contributed by atoms with Crippen molar-refractivity contribution in [2.24, 2.45) is 12.2 Å². The summed E-state index contributed by atoms with van der Waals surface area (Å²) in [7, 11) is 2.82. The molecule has 1 unspecified atom stereocenters. The number of nitrogen functional groups attached to an aromatic ring is 1. The van der Waals surface area contributed by atoms with Crippen LogP contribution < -0.4 is 26.7 Å². The molecule has 16 nitrogen and oxygen atoms in total. The van der Waals surface area contributed by atoms with Crippen molar-refractivity contribution in [2.75, 3.05) is 30.5 Å². The maximum absolute atomic E-state index is 13.2. The predicted octanol–water partition coefficient (Wildman–Crippen LogP) is 1.58. The molecule has 2 aliphatic rings. The molecule has 1 fully saturated rings. The van der Waals surface area contributed by atoms with E-state index in [0.29, 0.717) is 5.57 Å². The molecule has 0 bridgehead atoms. The van der Waals surface area contributed by atoms with E-state index in [0.717, 1.165) is 27.4 Å². The van der Waals surface area contributed by atoms with E-state index >= 15 is 0 Å².